The molecule has 2 amide bonds. The fourth-order valence-electron chi connectivity index (χ4n) is 2.56. The van der Waals surface area contributed by atoms with Crippen molar-refractivity contribution in [2.24, 2.45) is 0 Å². The molecule has 0 spiro atoms. The molecule has 1 atom stereocenters. The van der Waals surface area contributed by atoms with E-state index in [9.17, 15) is 9.59 Å². The molecule has 144 valence electrons. The van der Waals surface area contributed by atoms with Gasteiger partial charge in [-0.3, -0.25) is 4.79 Å². The van der Waals surface area contributed by atoms with Crippen molar-refractivity contribution in [3.05, 3.63) is 78.4 Å². The predicted molar refractivity (Wildman–Crippen MR) is 103 cm³/mol. The summed E-state index contributed by atoms with van der Waals surface area (Å²) >= 11 is 0. The minimum absolute atomic E-state index is 0.156. The first-order chi connectivity index (χ1) is 13.6. The number of hydrogen-bond acceptors (Lipinski definition) is 5. The lowest BCUT2D eigenvalue weighted by Gasteiger charge is -2.15. The molecule has 8 heteroatoms. The first-order valence-corrected chi connectivity index (χ1v) is 8.80. The first-order valence-electron chi connectivity index (χ1n) is 8.80. The fourth-order valence-corrected chi connectivity index (χ4v) is 2.56. The maximum atomic E-state index is 12.1. The third kappa shape index (κ3) is 5.41. The predicted octanol–water partition coefficient (Wildman–Crippen LogP) is 2.37. The van der Waals surface area contributed by atoms with Gasteiger partial charge in [0.2, 0.25) is 5.91 Å². The zero-order valence-electron chi connectivity index (χ0n) is 15.4. The molecular weight excluding hydrogens is 358 g/mol. The summed E-state index contributed by atoms with van der Waals surface area (Å²) in [4.78, 5) is 27.7. The topological polar surface area (TPSA) is 98.1 Å². The number of nitrogens with one attached hydrogen (secondary N) is 2. The van der Waals surface area contributed by atoms with E-state index in [-0.39, 0.29) is 25.1 Å². The van der Waals surface area contributed by atoms with Crippen LogP contribution in [0.1, 0.15) is 24.1 Å². The molecule has 1 aromatic heterocycles. The summed E-state index contributed by atoms with van der Waals surface area (Å²) in [6.45, 7) is 1.87. The minimum atomic E-state index is -0.635. The molecule has 0 aliphatic carbocycles. The summed E-state index contributed by atoms with van der Waals surface area (Å²) in [6, 6.07) is 16.7. The lowest BCUT2D eigenvalue weighted by molar-refractivity contribution is -0.120. The first kappa shape index (κ1) is 19.1. The summed E-state index contributed by atoms with van der Waals surface area (Å²) in [7, 11) is 0. The Bertz CT molecular complexity index is 895. The van der Waals surface area contributed by atoms with Gasteiger partial charge in [-0.2, -0.15) is 5.10 Å². The van der Waals surface area contributed by atoms with Gasteiger partial charge in [-0.25, -0.2) is 14.5 Å². The van der Waals surface area contributed by atoms with Gasteiger partial charge >= 0.3 is 6.09 Å². The summed E-state index contributed by atoms with van der Waals surface area (Å²) < 4.78 is 6.72. The van der Waals surface area contributed by atoms with E-state index in [0.29, 0.717) is 0 Å². The van der Waals surface area contributed by atoms with E-state index in [1.807, 2.05) is 61.5 Å². The second-order valence-electron chi connectivity index (χ2n) is 6.14. The molecule has 0 radical (unpaired) electrons. The van der Waals surface area contributed by atoms with Gasteiger partial charge in [0.15, 0.2) is 0 Å². The van der Waals surface area contributed by atoms with Crippen LogP contribution in [0, 0.1) is 0 Å². The largest absolute Gasteiger partial charge is 0.445 e. The maximum Gasteiger partial charge on any atom is 0.407 e. The van der Waals surface area contributed by atoms with Crippen LogP contribution in [0.5, 0.6) is 0 Å². The van der Waals surface area contributed by atoms with Gasteiger partial charge in [0.05, 0.1) is 11.7 Å². The van der Waals surface area contributed by atoms with E-state index in [1.54, 1.807) is 11.0 Å². The zero-order valence-corrected chi connectivity index (χ0v) is 15.4. The molecule has 0 aliphatic heterocycles. The van der Waals surface area contributed by atoms with E-state index in [0.717, 1.165) is 16.8 Å². The second kappa shape index (κ2) is 9.31. The Hall–Kier alpha value is -3.68. The Morgan fingerprint density at radius 3 is 2.54 bits per heavy atom. The van der Waals surface area contributed by atoms with Crippen LogP contribution in [0.4, 0.5) is 4.79 Å². The Morgan fingerprint density at radius 2 is 1.86 bits per heavy atom. The monoisotopic (exact) mass is 379 g/mol. The van der Waals surface area contributed by atoms with Crippen molar-refractivity contribution >= 4 is 12.0 Å². The highest BCUT2D eigenvalue weighted by Crippen LogP contribution is 2.15. The zero-order chi connectivity index (χ0) is 19.8. The number of carbonyl (C=O) groups is 2. The number of hydrogen-bond donors (Lipinski definition) is 2. The third-order valence-electron chi connectivity index (χ3n) is 4.06. The Kier molecular flexibility index (Phi) is 6.35. The van der Waals surface area contributed by atoms with Crippen LogP contribution in [-0.2, 0) is 16.1 Å². The van der Waals surface area contributed by atoms with Gasteiger partial charge in [0.25, 0.3) is 0 Å². The molecule has 3 aromatic rings. The lowest BCUT2D eigenvalue weighted by Crippen LogP contribution is -2.38. The molecule has 2 N–H and O–H groups in total. The van der Waals surface area contributed by atoms with Crippen LogP contribution < -0.4 is 10.6 Å². The minimum Gasteiger partial charge on any atom is -0.445 e. The maximum absolute atomic E-state index is 12.1. The van der Waals surface area contributed by atoms with Crippen molar-refractivity contribution in [1.82, 2.24) is 25.4 Å². The van der Waals surface area contributed by atoms with E-state index in [2.05, 4.69) is 20.7 Å². The van der Waals surface area contributed by atoms with Gasteiger partial charge in [-0.1, -0.05) is 42.5 Å². The number of benzene rings is 2. The van der Waals surface area contributed by atoms with Gasteiger partial charge < -0.3 is 15.4 Å². The third-order valence-corrected chi connectivity index (χ3v) is 4.06. The molecule has 0 fully saturated rings. The molecule has 8 nitrogen and oxygen atoms in total. The van der Waals surface area contributed by atoms with E-state index in [4.69, 9.17) is 4.74 Å². The number of carbonyl (C=O) groups excluding carboxylic acids is 2. The highest BCUT2D eigenvalue weighted by molar-refractivity contribution is 5.82. The second-order valence-corrected chi connectivity index (χ2v) is 6.14. The number of rotatable bonds is 7. The number of alkyl carbamates (subject to hydrolysis) is 1. The Morgan fingerprint density at radius 1 is 1.11 bits per heavy atom. The van der Waals surface area contributed by atoms with Gasteiger partial charge in [0.1, 0.15) is 25.8 Å². The van der Waals surface area contributed by atoms with Crippen LogP contribution in [-0.4, -0.2) is 33.3 Å². The van der Waals surface area contributed by atoms with Crippen molar-refractivity contribution in [3.8, 4) is 5.69 Å². The van der Waals surface area contributed by atoms with E-state index >= 15 is 0 Å². The van der Waals surface area contributed by atoms with E-state index < -0.39 is 6.09 Å². The molecule has 1 heterocycles. The molecule has 2 aromatic carbocycles. The summed E-state index contributed by atoms with van der Waals surface area (Å²) in [6.07, 6.45) is 2.45. The quantitative estimate of drug-likeness (QED) is 0.657. The normalized spacial score (nSPS) is 11.5. The van der Waals surface area contributed by atoms with Gasteiger partial charge in [-0.15, -0.1) is 0 Å². The molecule has 1 unspecified atom stereocenters. The average Bonchev–Trinajstić information content (AvgIpc) is 3.26. The van der Waals surface area contributed by atoms with Crippen molar-refractivity contribution in [3.63, 3.8) is 0 Å². The molecule has 3 rings (SSSR count). The number of amides is 2. The number of nitrogens with zero attached hydrogens (tertiary/aromatic N) is 3. The molecule has 28 heavy (non-hydrogen) atoms. The highest BCUT2D eigenvalue weighted by Gasteiger charge is 2.11. The molecule has 0 aliphatic rings. The lowest BCUT2D eigenvalue weighted by atomic mass is 10.1. The molecule has 0 saturated heterocycles. The smallest absolute Gasteiger partial charge is 0.407 e. The standard InChI is InChI=1S/C20H21N5O3/c1-15(17-7-9-18(10-8-17)25-14-21-13-23-25)24-19(26)11-22-20(27)28-12-16-5-3-2-4-6-16/h2-10,13-15H,11-12H2,1H3,(H,22,27)(H,24,26). The highest BCUT2D eigenvalue weighted by atomic mass is 16.5. The van der Waals surface area contributed by atoms with Crippen LogP contribution in [0.3, 0.4) is 0 Å². The van der Waals surface area contributed by atoms with Gasteiger partial charge in [-0.05, 0) is 30.2 Å². The Balaban J connectivity index is 1.42. The summed E-state index contributed by atoms with van der Waals surface area (Å²) in [5.41, 5.74) is 2.69. The molecule has 0 bridgehead atoms. The number of ether oxygens (including phenoxy) is 1. The average molecular weight is 379 g/mol. The van der Waals surface area contributed by atoms with Crippen LogP contribution in [0.2, 0.25) is 0 Å². The van der Waals surface area contributed by atoms with Crippen molar-refractivity contribution in [2.45, 2.75) is 19.6 Å². The number of aromatic nitrogens is 3. The molecular formula is C20H21N5O3. The van der Waals surface area contributed by atoms with Crippen molar-refractivity contribution < 1.29 is 14.3 Å². The van der Waals surface area contributed by atoms with Gasteiger partial charge in [0, 0.05) is 0 Å². The fraction of sp³-hybridized carbons (Fsp3) is 0.200. The van der Waals surface area contributed by atoms with E-state index in [1.165, 1.54) is 6.33 Å². The van der Waals surface area contributed by atoms with Crippen LogP contribution in [0.15, 0.2) is 67.3 Å². The van der Waals surface area contributed by atoms with Crippen molar-refractivity contribution in [2.75, 3.05) is 6.54 Å². The molecule has 0 saturated carbocycles. The summed E-state index contributed by atoms with van der Waals surface area (Å²) in [5, 5.41) is 9.35. The Labute approximate surface area is 162 Å². The van der Waals surface area contributed by atoms with Crippen molar-refractivity contribution in [1.29, 1.82) is 0 Å². The van der Waals surface area contributed by atoms with Crippen LogP contribution >= 0.6 is 0 Å². The SMILES string of the molecule is CC(NC(=O)CNC(=O)OCc1ccccc1)c1ccc(-n2cncn2)cc1. The summed E-state index contributed by atoms with van der Waals surface area (Å²) in [5.74, 6) is -0.301. The van der Waals surface area contributed by atoms with Crippen LogP contribution in [0.25, 0.3) is 5.69 Å².